The maximum Gasteiger partial charge on any atom is 0.259 e. The van der Waals surface area contributed by atoms with Crippen LogP contribution in [0, 0.1) is 0 Å². The molecule has 9 heteroatoms. The molecular formula is C15H21N5O3S. The Bertz CT molecular complexity index is 795. The van der Waals surface area contributed by atoms with Crippen molar-refractivity contribution in [2.75, 3.05) is 6.61 Å². The summed E-state index contributed by atoms with van der Waals surface area (Å²) < 4.78 is 34.2. The lowest BCUT2D eigenvalue weighted by Gasteiger charge is -2.32. The van der Waals surface area contributed by atoms with E-state index in [9.17, 15) is 8.42 Å². The van der Waals surface area contributed by atoms with Gasteiger partial charge < -0.3 is 9.30 Å². The zero-order chi connectivity index (χ0) is 17.2. The van der Waals surface area contributed by atoms with E-state index < -0.39 is 15.6 Å². The summed E-state index contributed by atoms with van der Waals surface area (Å²) >= 11 is 0. The molecule has 1 aliphatic heterocycles. The molecular weight excluding hydrogens is 330 g/mol. The zero-order valence-electron chi connectivity index (χ0n) is 13.8. The number of imidazole rings is 1. The molecule has 0 aliphatic carbocycles. The number of nitrogens with one attached hydrogen (secondary N) is 1. The average molecular weight is 351 g/mol. The maximum atomic E-state index is 12.1. The lowest BCUT2D eigenvalue weighted by atomic mass is 9.95. The molecule has 2 aromatic heterocycles. The minimum atomic E-state index is -3.64. The Morgan fingerprint density at radius 2 is 2.04 bits per heavy atom. The Kier molecular flexibility index (Phi) is 4.66. The highest BCUT2D eigenvalue weighted by molar-refractivity contribution is 7.89. The Labute approximate surface area is 141 Å². The number of nitrogens with zero attached hydrogens (tertiary/aromatic N) is 4. The Balaban J connectivity index is 1.66. The molecule has 2 aromatic rings. The summed E-state index contributed by atoms with van der Waals surface area (Å²) in [6.45, 7) is 2.81. The number of aromatic nitrogens is 4. The van der Waals surface area contributed by atoms with Gasteiger partial charge in [-0.05, 0) is 26.2 Å². The molecule has 0 saturated carbocycles. The smallest absolute Gasteiger partial charge is 0.259 e. The third-order valence-electron chi connectivity index (χ3n) is 4.07. The summed E-state index contributed by atoms with van der Waals surface area (Å²) in [5.74, 6) is 0.638. The molecule has 1 fully saturated rings. The van der Waals surface area contributed by atoms with Crippen LogP contribution >= 0.6 is 0 Å². The second-order valence-electron chi connectivity index (χ2n) is 6.15. The van der Waals surface area contributed by atoms with Crippen molar-refractivity contribution in [2.45, 2.75) is 43.4 Å². The fraction of sp³-hybridized carbons (Fsp3) is 0.533. The van der Waals surface area contributed by atoms with Crippen molar-refractivity contribution in [1.29, 1.82) is 0 Å². The molecule has 1 unspecified atom stereocenters. The molecule has 130 valence electrons. The van der Waals surface area contributed by atoms with E-state index >= 15 is 0 Å². The van der Waals surface area contributed by atoms with E-state index in [1.807, 2.05) is 6.92 Å². The van der Waals surface area contributed by atoms with Crippen molar-refractivity contribution in [3.8, 4) is 0 Å². The van der Waals surface area contributed by atoms with Crippen LogP contribution in [0.15, 0.2) is 29.9 Å². The van der Waals surface area contributed by atoms with E-state index in [4.69, 9.17) is 4.74 Å². The lowest BCUT2D eigenvalue weighted by Crippen LogP contribution is -2.32. The fourth-order valence-electron chi connectivity index (χ4n) is 2.61. The summed E-state index contributed by atoms with van der Waals surface area (Å²) in [6, 6.07) is 0. The summed E-state index contributed by atoms with van der Waals surface area (Å²) in [5.41, 5.74) is 0.224. The molecule has 0 amide bonds. The molecule has 1 atom stereocenters. The summed E-state index contributed by atoms with van der Waals surface area (Å²) in [5, 5.41) is -0.00865. The first-order valence-electron chi connectivity index (χ1n) is 7.82. The third-order valence-corrected chi connectivity index (χ3v) is 5.36. The second kappa shape index (κ2) is 6.58. The average Bonchev–Trinajstić information content (AvgIpc) is 3.02. The van der Waals surface area contributed by atoms with Crippen molar-refractivity contribution in [2.24, 2.45) is 7.05 Å². The van der Waals surface area contributed by atoms with Crippen molar-refractivity contribution >= 4 is 10.0 Å². The lowest BCUT2D eigenvalue weighted by molar-refractivity contribution is -0.0760. The van der Waals surface area contributed by atoms with Gasteiger partial charge >= 0.3 is 0 Å². The van der Waals surface area contributed by atoms with E-state index in [1.54, 1.807) is 24.0 Å². The largest absolute Gasteiger partial charge is 0.367 e. The van der Waals surface area contributed by atoms with E-state index in [-0.39, 0.29) is 11.6 Å². The fourth-order valence-corrected chi connectivity index (χ4v) is 3.60. The molecule has 8 nitrogen and oxygen atoms in total. The molecule has 1 N–H and O–H groups in total. The van der Waals surface area contributed by atoms with Crippen LogP contribution in [-0.2, 0) is 34.0 Å². The Morgan fingerprint density at radius 1 is 1.29 bits per heavy atom. The number of aryl methyl sites for hydroxylation is 1. The van der Waals surface area contributed by atoms with Crippen LogP contribution in [0.25, 0.3) is 0 Å². The van der Waals surface area contributed by atoms with Crippen LogP contribution in [-0.4, -0.2) is 34.5 Å². The van der Waals surface area contributed by atoms with Crippen molar-refractivity contribution < 1.29 is 13.2 Å². The molecule has 0 spiro atoms. The van der Waals surface area contributed by atoms with Gasteiger partial charge in [0.25, 0.3) is 10.0 Å². The third kappa shape index (κ3) is 3.63. The molecule has 0 bridgehead atoms. The van der Waals surface area contributed by atoms with Gasteiger partial charge in [0.2, 0.25) is 0 Å². The first kappa shape index (κ1) is 17.0. The first-order chi connectivity index (χ1) is 11.4. The van der Waals surface area contributed by atoms with E-state index in [0.29, 0.717) is 18.0 Å². The normalized spacial score (nSPS) is 21.8. The Hall–Kier alpha value is -1.84. The summed E-state index contributed by atoms with van der Waals surface area (Å²) in [4.78, 5) is 12.6. The van der Waals surface area contributed by atoms with Crippen molar-refractivity contribution in [1.82, 2.24) is 24.2 Å². The monoisotopic (exact) mass is 351 g/mol. The van der Waals surface area contributed by atoms with Crippen LogP contribution in [0.3, 0.4) is 0 Å². The van der Waals surface area contributed by atoms with Crippen LogP contribution in [0.1, 0.15) is 37.6 Å². The number of sulfonamides is 1. The molecule has 0 radical (unpaired) electrons. The van der Waals surface area contributed by atoms with Crippen LogP contribution in [0.2, 0.25) is 0 Å². The number of hydrogen-bond donors (Lipinski definition) is 1. The summed E-state index contributed by atoms with van der Waals surface area (Å²) in [7, 11) is -1.93. The molecule has 1 saturated heterocycles. The van der Waals surface area contributed by atoms with E-state index in [1.165, 1.54) is 12.5 Å². The van der Waals surface area contributed by atoms with Gasteiger partial charge in [-0.1, -0.05) is 0 Å². The number of rotatable bonds is 5. The van der Waals surface area contributed by atoms with Crippen LogP contribution < -0.4 is 4.72 Å². The minimum absolute atomic E-state index is 0.00865. The SMILES string of the molecule is Cn1cnc(S(=O)(=O)NCc2cnc(C3(C)CCCCO3)nc2)c1. The molecule has 24 heavy (non-hydrogen) atoms. The molecule has 1 aliphatic rings. The van der Waals surface area contributed by atoms with Gasteiger partial charge in [-0.25, -0.2) is 28.1 Å². The van der Waals surface area contributed by atoms with E-state index in [2.05, 4.69) is 19.7 Å². The van der Waals surface area contributed by atoms with Gasteiger partial charge in [-0.3, -0.25) is 0 Å². The predicted octanol–water partition coefficient (Wildman–Crippen LogP) is 1.10. The van der Waals surface area contributed by atoms with Crippen molar-refractivity contribution in [3.05, 3.63) is 36.3 Å². The molecule has 3 rings (SSSR count). The van der Waals surface area contributed by atoms with Gasteiger partial charge in [-0.15, -0.1) is 0 Å². The van der Waals surface area contributed by atoms with Crippen LogP contribution in [0.5, 0.6) is 0 Å². The van der Waals surface area contributed by atoms with Gasteiger partial charge in [0.15, 0.2) is 10.9 Å². The quantitative estimate of drug-likeness (QED) is 0.866. The minimum Gasteiger partial charge on any atom is -0.367 e. The first-order valence-corrected chi connectivity index (χ1v) is 9.30. The highest BCUT2D eigenvalue weighted by Gasteiger charge is 2.32. The standard InChI is InChI=1S/C15H21N5O3S/c1-15(5-3-4-6-23-15)14-16-7-12(8-17-14)9-19-24(21,22)13-10-20(2)11-18-13/h7-8,10-11,19H,3-6,9H2,1-2H3. The second-order valence-corrected chi connectivity index (χ2v) is 7.87. The number of ether oxygens (including phenoxy) is 1. The zero-order valence-corrected chi connectivity index (χ0v) is 14.6. The molecule has 3 heterocycles. The highest BCUT2D eigenvalue weighted by Crippen LogP contribution is 2.32. The van der Waals surface area contributed by atoms with Crippen molar-refractivity contribution in [3.63, 3.8) is 0 Å². The van der Waals surface area contributed by atoms with Gasteiger partial charge in [0.1, 0.15) is 5.60 Å². The van der Waals surface area contributed by atoms with Crippen LogP contribution in [0.4, 0.5) is 0 Å². The van der Waals surface area contributed by atoms with Gasteiger partial charge in [0.05, 0.1) is 6.33 Å². The van der Waals surface area contributed by atoms with E-state index in [0.717, 1.165) is 19.3 Å². The number of hydrogen-bond acceptors (Lipinski definition) is 6. The maximum absolute atomic E-state index is 12.1. The topological polar surface area (TPSA) is 99.0 Å². The van der Waals surface area contributed by atoms with Gasteiger partial charge in [0, 0.05) is 44.4 Å². The molecule has 0 aromatic carbocycles. The summed E-state index contributed by atoms with van der Waals surface area (Å²) in [6.07, 6.45) is 9.19. The van der Waals surface area contributed by atoms with Gasteiger partial charge in [-0.2, -0.15) is 0 Å². The predicted molar refractivity (Wildman–Crippen MR) is 86.4 cm³/mol. The highest BCUT2D eigenvalue weighted by atomic mass is 32.2. The Morgan fingerprint density at radius 3 is 2.62 bits per heavy atom.